The molecule has 2 aliphatic carbocycles. The minimum atomic E-state index is 0.375. The Balaban J connectivity index is 1.98. The molecule has 0 saturated heterocycles. The summed E-state index contributed by atoms with van der Waals surface area (Å²) in [6, 6.07) is 11.3. The molecule has 3 atom stereocenters. The van der Waals surface area contributed by atoms with Gasteiger partial charge in [0.05, 0.1) is 0 Å². The molecule has 3 unspecified atom stereocenters. The first-order chi connectivity index (χ1) is 6.84. The zero-order valence-electron chi connectivity index (χ0n) is 8.45. The predicted octanol–water partition coefficient (Wildman–Crippen LogP) is 2.46. The Morgan fingerprint density at radius 3 is 2.64 bits per heavy atom. The molecule has 0 aromatic heterocycles. The summed E-state index contributed by atoms with van der Waals surface area (Å²) in [5, 5.41) is 0. The Morgan fingerprint density at radius 2 is 1.93 bits per heavy atom. The van der Waals surface area contributed by atoms with E-state index >= 15 is 0 Å². The van der Waals surface area contributed by atoms with E-state index in [0.29, 0.717) is 11.5 Å². The monoisotopic (exact) mass is 187 g/mol. The first-order valence-electron chi connectivity index (χ1n) is 5.65. The van der Waals surface area contributed by atoms with Gasteiger partial charge >= 0.3 is 0 Å². The van der Waals surface area contributed by atoms with Crippen LogP contribution in [0.2, 0.25) is 0 Å². The van der Waals surface area contributed by atoms with E-state index in [2.05, 4.69) is 30.3 Å². The quantitative estimate of drug-likeness (QED) is 0.718. The molecule has 2 saturated carbocycles. The number of benzene rings is 1. The summed E-state index contributed by atoms with van der Waals surface area (Å²) in [5.74, 6) is 0.883. The van der Waals surface area contributed by atoms with Gasteiger partial charge in [-0.2, -0.15) is 0 Å². The molecule has 14 heavy (non-hydrogen) atoms. The van der Waals surface area contributed by atoms with Gasteiger partial charge in [0.15, 0.2) is 0 Å². The fourth-order valence-electron chi connectivity index (χ4n) is 3.32. The molecule has 2 aliphatic rings. The first kappa shape index (κ1) is 8.49. The second kappa shape index (κ2) is 2.83. The molecule has 2 fully saturated rings. The summed E-state index contributed by atoms with van der Waals surface area (Å²) in [4.78, 5) is 0. The van der Waals surface area contributed by atoms with Crippen molar-refractivity contribution in [1.82, 2.24) is 0 Å². The lowest BCUT2D eigenvalue weighted by Gasteiger charge is -2.29. The molecule has 0 amide bonds. The summed E-state index contributed by atoms with van der Waals surface area (Å²) < 4.78 is 0. The van der Waals surface area contributed by atoms with Crippen molar-refractivity contribution in [2.75, 3.05) is 0 Å². The van der Waals surface area contributed by atoms with Crippen molar-refractivity contribution in [3.63, 3.8) is 0 Å². The SMILES string of the molecule is NC1CCCC2CC12c1ccccc1. The summed E-state index contributed by atoms with van der Waals surface area (Å²) in [7, 11) is 0. The van der Waals surface area contributed by atoms with Crippen LogP contribution >= 0.6 is 0 Å². The Kier molecular flexibility index (Phi) is 1.72. The van der Waals surface area contributed by atoms with Crippen LogP contribution in [0, 0.1) is 5.92 Å². The smallest absolute Gasteiger partial charge is 0.0139 e. The third-order valence-electron chi connectivity index (χ3n) is 4.19. The lowest BCUT2D eigenvalue weighted by atomic mass is 9.79. The molecule has 1 heteroatoms. The lowest BCUT2D eigenvalue weighted by Crippen LogP contribution is -2.38. The highest BCUT2D eigenvalue weighted by Crippen LogP contribution is 2.61. The Morgan fingerprint density at radius 1 is 1.14 bits per heavy atom. The van der Waals surface area contributed by atoms with Crippen LogP contribution in [0.4, 0.5) is 0 Å². The van der Waals surface area contributed by atoms with Crippen LogP contribution in [0.5, 0.6) is 0 Å². The maximum Gasteiger partial charge on any atom is 0.0139 e. The fourth-order valence-corrected chi connectivity index (χ4v) is 3.32. The van der Waals surface area contributed by atoms with Crippen LogP contribution in [0.15, 0.2) is 30.3 Å². The van der Waals surface area contributed by atoms with Crippen molar-refractivity contribution in [1.29, 1.82) is 0 Å². The molecule has 2 N–H and O–H groups in total. The van der Waals surface area contributed by atoms with Gasteiger partial charge in [-0.05, 0) is 30.7 Å². The van der Waals surface area contributed by atoms with E-state index in [9.17, 15) is 0 Å². The summed E-state index contributed by atoms with van der Waals surface area (Å²) in [6.45, 7) is 0. The summed E-state index contributed by atoms with van der Waals surface area (Å²) in [5.41, 5.74) is 8.14. The summed E-state index contributed by atoms with van der Waals surface area (Å²) in [6.07, 6.45) is 5.27. The van der Waals surface area contributed by atoms with Crippen LogP contribution in [-0.4, -0.2) is 6.04 Å². The van der Waals surface area contributed by atoms with Crippen molar-refractivity contribution >= 4 is 0 Å². The van der Waals surface area contributed by atoms with Gasteiger partial charge in [-0.15, -0.1) is 0 Å². The van der Waals surface area contributed by atoms with Crippen molar-refractivity contribution in [3.05, 3.63) is 35.9 Å². The molecule has 0 bridgehead atoms. The molecule has 0 heterocycles. The normalized spacial score (nSPS) is 40.4. The van der Waals surface area contributed by atoms with Gasteiger partial charge in [-0.25, -0.2) is 0 Å². The highest BCUT2D eigenvalue weighted by Gasteiger charge is 2.59. The molecule has 1 aromatic carbocycles. The highest BCUT2D eigenvalue weighted by molar-refractivity contribution is 5.37. The standard InChI is InChI=1S/C13H17N/c14-12-8-4-7-11-9-13(11,12)10-5-2-1-3-6-10/h1-3,5-6,11-12H,4,7-9,14H2. The number of fused-ring (bicyclic) bond motifs is 1. The van der Waals surface area contributed by atoms with E-state index in [-0.39, 0.29) is 0 Å². The zero-order valence-corrected chi connectivity index (χ0v) is 8.45. The average molecular weight is 187 g/mol. The molecule has 0 aliphatic heterocycles. The van der Waals surface area contributed by atoms with Gasteiger partial charge in [-0.3, -0.25) is 0 Å². The Hall–Kier alpha value is -0.820. The minimum absolute atomic E-state index is 0.375. The van der Waals surface area contributed by atoms with Crippen LogP contribution in [-0.2, 0) is 5.41 Å². The van der Waals surface area contributed by atoms with Gasteiger partial charge in [0.25, 0.3) is 0 Å². The number of hydrogen-bond acceptors (Lipinski definition) is 1. The van der Waals surface area contributed by atoms with E-state index < -0.39 is 0 Å². The maximum absolute atomic E-state index is 6.29. The topological polar surface area (TPSA) is 26.0 Å². The number of rotatable bonds is 1. The molecule has 0 radical (unpaired) electrons. The first-order valence-corrected chi connectivity index (χ1v) is 5.65. The Labute approximate surface area is 85.3 Å². The van der Waals surface area contributed by atoms with Crippen molar-refractivity contribution in [2.45, 2.75) is 37.1 Å². The third kappa shape index (κ3) is 0.992. The largest absolute Gasteiger partial charge is 0.327 e. The van der Waals surface area contributed by atoms with Crippen LogP contribution < -0.4 is 5.73 Å². The molecule has 1 nitrogen and oxygen atoms in total. The predicted molar refractivity (Wildman–Crippen MR) is 58.1 cm³/mol. The van der Waals surface area contributed by atoms with E-state index in [4.69, 9.17) is 5.73 Å². The van der Waals surface area contributed by atoms with E-state index in [1.54, 1.807) is 0 Å². The second-order valence-corrected chi connectivity index (χ2v) is 4.84. The average Bonchev–Trinajstić information content (AvgIpc) is 2.96. The van der Waals surface area contributed by atoms with Gasteiger partial charge in [0.2, 0.25) is 0 Å². The van der Waals surface area contributed by atoms with Crippen molar-refractivity contribution in [2.24, 2.45) is 11.7 Å². The van der Waals surface area contributed by atoms with Crippen LogP contribution in [0.3, 0.4) is 0 Å². The molecule has 3 rings (SSSR count). The summed E-state index contributed by atoms with van der Waals surface area (Å²) >= 11 is 0. The number of hydrogen-bond donors (Lipinski definition) is 1. The molecule has 0 spiro atoms. The van der Waals surface area contributed by atoms with E-state index in [0.717, 1.165) is 5.92 Å². The molecular weight excluding hydrogens is 170 g/mol. The van der Waals surface area contributed by atoms with Gasteiger partial charge in [0.1, 0.15) is 0 Å². The van der Waals surface area contributed by atoms with Crippen molar-refractivity contribution < 1.29 is 0 Å². The van der Waals surface area contributed by atoms with Crippen LogP contribution in [0.25, 0.3) is 0 Å². The molecule has 74 valence electrons. The van der Waals surface area contributed by atoms with E-state index in [1.807, 2.05) is 0 Å². The fraction of sp³-hybridized carbons (Fsp3) is 0.538. The van der Waals surface area contributed by atoms with Gasteiger partial charge in [0, 0.05) is 11.5 Å². The zero-order chi connectivity index (χ0) is 9.60. The van der Waals surface area contributed by atoms with Crippen LogP contribution in [0.1, 0.15) is 31.2 Å². The second-order valence-electron chi connectivity index (χ2n) is 4.84. The Bertz CT molecular complexity index is 332. The van der Waals surface area contributed by atoms with E-state index in [1.165, 1.54) is 31.2 Å². The highest BCUT2D eigenvalue weighted by atomic mass is 14.8. The molecular formula is C13H17N. The van der Waals surface area contributed by atoms with Crippen molar-refractivity contribution in [3.8, 4) is 0 Å². The maximum atomic E-state index is 6.29. The number of nitrogens with two attached hydrogens (primary N) is 1. The van der Waals surface area contributed by atoms with Gasteiger partial charge in [-0.1, -0.05) is 36.8 Å². The molecule has 1 aromatic rings. The lowest BCUT2D eigenvalue weighted by molar-refractivity contribution is 0.370. The third-order valence-corrected chi connectivity index (χ3v) is 4.19. The minimum Gasteiger partial charge on any atom is -0.327 e. The van der Waals surface area contributed by atoms with Gasteiger partial charge < -0.3 is 5.73 Å².